The average molecular weight is 290 g/mol. The van der Waals surface area contributed by atoms with Gasteiger partial charge in [-0.15, -0.1) is 0 Å². The number of hydrogen-bond acceptors (Lipinski definition) is 2. The van der Waals surface area contributed by atoms with Crippen LogP contribution in [0.3, 0.4) is 0 Å². The maximum atomic E-state index is 13.0. The Morgan fingerprint density at radius 2 is 1.85 bits per heavy atom. The van der Waals surface area contributed by atoms with Crippen molar-refractivity contribution in [1.29, 1.82) is 0 Å². The third kappa shape index (κ3) is 3.02. The molecule has 0 bridgehead atoms. The van der Waals surface area contributed by atoms with Crippen molar-refractivity contribution in [3.05, 3.63) is 29.6 Å². The molecule has 3 nitrogen and oxygen atoms in total. The van der Waals surface area contributed by atoms with E-state index >= 15 is 0 Å². The fraction of sp³-hybridized carbons (Fsp3) is 0.462. The minimum Gasteiger partial charge on any atom is -0.396 e. The van der Waals surface area contributed by atoms with Crippen LogP contribution in [-0.2, 0) is 0 Å². The molecular weight excluding hydrogens is 276 g/mol. The lowest BCUT2D eigenvalue weighted by Crippen LogP contribution is -2.42. The topological polar surface area (TPSA) is 46.3 Å². The van der Waals surface area contributed by atoms with Crippen LogP contribution in [0.4, 0.5) is 23.2 Å². The van der Waals surface area contributed by atoms with Gasteiger partial charge in [-0.2, -0.15) is 13.2 Å². The second-order valence-electron chi connectivity index (χ2n) is 4.84. The maximum absolute atomic E-state index is 13.0. The molecule has 2 rings (SSSR count). The molecule has 1 aliphatic rings. The summed E-state index contributed by atoms with van der Waals surface area (Å²) in [6, 6.07) is 3.56. The van der Waals surface area contributed by atoms with Crippen molar-refractivity contribution in [3.8, 4) is 0 Å². The van der Waals surface area contributed by atoms with Crippen molar-refractivity contribution >= 4 is 11.6 Å². The second-order valence-corrected chi connectivity index (χ2v) is 4.84. The van der Waals surface area contributed by atoms with Crippen molar-refractivity contribution < 1.29 is 22.4 Å². The van der Waals surface area contributed by atoms with E-state index in [1.165, 1.54) is 17.0 Å². The van der Waals surface area contributed by atoms with Gasteiger partial charge in [-0.1, -0.05) is 0 Å². The first kappa shape index (κ1) is 14.6. The number of nitrogen functional groups attached to an aromatic ring is 1. The van der Waals surface area contributed by atoms with Crippen LogP contribution in [0.2, 0.25) is 0 Å². The Labute approximate surface area is 113 Å². The molecule has 0 atom stereocenters. The highest BCUT2D eigenvalue weighted by Crippen LogP contribution is 2.34. The van der Waals surface area contributed by atoms with Gasteiger partial charge < -0.3 is 10.6 Å². The Balaban J connectivity index is 2.03. The molecule has 0 saturated carbocycles. The molecule has 1 aromatic carbocycles. The van der Waals surface area contributed by atoms with Gasteiger partial charge in [-0.25, -0.2) is 4.39 Å². The number of benzene rings is 1. The van der Waals surface area contributed by atoms with E-state index < -0.39 is 23.8 Å². The molecule has 1 heterocycles. The van der Waals surface area contributed by atoms with E-state index in [4.69, 9.17) is 5.73 Å². The SMILES string of the molecule is Nc1cc(C(=O)N2CCC(C(F)(F)F)CC2)ccc1F. The number of carbonyl (C=O) groups excluding carboxylic acids is 1. The van der Waals surface area contributed by atoms with Gasteiger partial charge >= 0.3 is 6.18 Å². The molecule has 2 N–H and O–H groups in total. The summed E-state index contributed by atoms with van der Waals surface area (Å²) in [6.07, 6.45) is -4.42. The van der Waals surface area contributed by atoms with E-state index in [1.807, 2.05) is 0 Å². The van der Waals surface area contributed by atoms with Gasteiger partial charge in [0, 0.05) is 18.7 Å². The standard InChI is InChI=1S/C13H14F4N2O/c14-10-2-1-8(7-11(10)18)12(20)19-5-3-9(4-6-19)13(15,16)17/h1-2,7,9H,3-6,18H2. The van der Waals surface area contributed by atoms with Gasteiger partial charge in [0.15, 0.2) is 0 Å². The lowest BCUT2D eigenvalue weighted by molar-refractivity contribution is -0.183. The second kappa shape index (κ2) is 5.30. The van der Waals surface area contributed by atoms with Crippen molar-refractivity contribution in [2.24, 2.45) is 5.92 Å². The molecule has 1 aromatic rings. The van der Waals surface area contributed by atoms with Gasteiger partial charge in [-0.3, -0.25) is 4.79 Å². The summed E-state index contributed by atoms with van der Waals surface area (Å²) >= 11 is 0. The number of piperidine rings is 1. The Hall–Kier alpha value is -1.79. The highest BCUT2D eigenvalue weighted by molar-refractivity contribution is 5.95. The van der Waals surface area contributed by atoms with E-state index in [-0.39, 0.29) is 37.2 Å². The molecule has 1 aliphatic heterocycles. The van der Waals surface area contributed by atoms with Crippen LogP contribution < -0.4 is 5.73 Å². The summed E-state index contributed by atoms with van der Waals surface area (Å²) in [5, 5.41) is 0. The van der Waals surface area contributed by atoms with Crippen molar-refractivity contribution in [2.75, 3.05) is 18.8 Å². The van der Waals surface area contributed by atoms with Crippen molar-refractivity contribution in [1.82, 2.24) is 4.90 Å². The highest BCUT2D eigenvalue weighted by atomic mass is 19.4. The largest absolute Gasteiger partial charge is 0.396 e. The number of nitrogens with two attached hydrogens (primary N) is 1. The lowest BCUT2D eigenvalue weighted by Gasteiger charge is -2.33. The van der Waals surface area contributed by atoms with E-state index in [0.29, 0.717) is 0 Å². The third-order valence-electron chi connectivity index (χ3n) is 3.49. The molecule has 110 valence electrons. The van der Waals surface area contributed by atoms with Gasteiger partial charge in [0.2, 0.25) is 0 Å². The fourth-order valence-corrected chi connectivity index (χ4v) is 2.27. The summed E-state index contributed by atoms with van der Waals surface area (Å²) in [5.41, 5.74) is 5.41. The Kier molecular flexibility index (Phi) is 3.87. The summed E-state index contributed by atoms with van der Waals surface area (Å²) in [5.74, 6) is -2.40. The van der Waals surface area contributed by atoms with Crippen molar-refractivity contribution in [2.45, 2.75) is 19.0 Å². The molecule has 1 fully saturated rings. The molecule has 1 amide bonds. The van der Waals surface area contributed by atoms with Crippen LogP contribution in [0.25, 0.3) is 0 Å². The number of amides is 1. The summed E-state index contributed by atoms with van der Waals surface area (Å²) < 4.78 is 50.6. The van der Waals surface area contributed by atoms with Crippen LogP contribution >= 0.6 is 0 Å². The minimum atomic E-state index is -4.21. The van der Waals surface area contributed by atoms with Gasteiger partial charge in [0.1, 0.15) is 5.82 Å². The van der Waals surface area contributed by atoms with Crippen LogP contribution in [0.15, 0.2) is 18.2 Å². The monoisotopic (exact) mass is 290 g/mol. The minimum absolute atomic E-state index is 0.0420. The number of anilines is 1. The average Bonchev–Trinajstić information content (AvgIpc) is 2.40. The quantitative estimate of drug-likeness (QED) is 0.638. The molecule has 0 unspecified atom stereocenters. The van der Waals surface area contributed by atoms with Crippen molar-refractivity contribution in [3.63, 3.8) is 0 Å². The predicted molar refractivity (Wildman–Crippen MR) is 65.5 cm³/mol. The van der Waals surface area contributed by atoms with Crippen LogP contribution in [0.1, 0.15) is 23.2 Å². The Morgan fingerprint density at radius 3 is 2.35 bits per heavy atom. The number of carbonyl (C=O) groups is 1. The molecule has 0 spiro atoms. The number of halogens is 4. The zero-order valence-electron chi connectivity index (χ0n) is 10.6. The highest BCUT2D eigenvalue weighted by Gasteiger charge is 2.41. The van der Waals surface area contributed by atoms with E-state index in [2.05, 4.69) is 0 Å². The van der Waals surface area contributed by atoms with E-state index in [9.17, 15) is 22.4 Å². The first-order valence-electron chi connectivity index (χ1n) is 6.20. The smallest absolute Gasteiger partial charge is 0.391 e. The zero-order chi connectivity index (χ0) is 14.9. The molecule has 1 saturated heterocycles. The maximum Gasteiger partial charge on any atom is 0.391 e. The molecular formula is C13H14F4N2O. The first-order valence-corrected chi connectivity index (χ1v) is 6.20. The van der Waals surface area contributed by atoms with Crippen LogP contribution in [0, 0.1) is 11.7 Å². The summed E-state index contributed by atoms with van der Waals surface area (Å²) in [4.78, 5) is 13.4. The summed E-state index contributed by atoms with van der Waals surface area (Å²) in [6.45, 7) is 0.0839. The van der Waals surface area contributed by atoms with Gasteiger partial charge in [0.25, 0.3) is 5.91 Å². The number of likely N-dealkylation sites (tertiary alicyclic amines) is 1. The molecule has 0 radical (unpaired) electrons. The number of hydrogen-bond donors (Lipinski definition) is 1. The van der Waals surface area contributed by atoms with Gasteiger partial charge in [0.05, 0.1) is 11.6 Å². The van der Waals surface area contributed by atoms with Gasteiger partial charge in [-0.05, 0) is 31.0 Å². The Morgan fingerprint density at radius 1 is 1.25 bits per heavy atom. The normalized spacial score (nSPS) is 17.3. The first-order chi connectivity index (χ1) is 9.29. The lowest BCUT2D eigenvalue weighted by atomic mass is 9.96. The molecule has 0 aliphatic carbocycles. The third-order valence-corrected chi connectivity index (χ3v) is 3.49. The number of nitrogens with zero attached hydrogens (tertiary/aromatic N) is 1. The molecule has 7 heteroatoms. The van der Waals surface area contributed by atoms with Crippen LogP contribution in [-0.4, -0.2) is 30.1 Å². The summed E-state index contributed by atoms with van der Waals surface area (Å²) in [7, 11) is 0. The molecule has 20 heavy (non-hydrogen) atoms. The van der Waals surface area contributed by atoms with Crippen LogP contribution in [0.5, 0.6) is 0 Å². The molecule has 0 aromatic heterocycles. The zero-order valence-corrected chi connectivity index (χ0v) is 10.6. The van der Waals surface area contributed by atoms with E-state index in [0.717, 1.165) is 6.07 Å². The Bertz CT molecular complexity index is 508. The van der Waals surface area contributed by atoms with E-state index in [1.54, 1.807) is 0 Å². The fourth-order valence-electron chi connectivity index (χ4n) is 2.27. The predicted octanol–water partition coefficient (Wildman–Crippen LogP) is 2.82. The number of rotatable bonds is 1. The number of alkyl halides is 3.